The summed E-state index contributed by atoms with van der Waals surface area (Å²) in [6.45, 7) is 2.86. The second-order valence-electron chi connectivity index (χ2n) is 7.27. The molecule has 0 radical (unpaired) electrons. The lowest BCUT2D eigenvalue weighted by Crippen LogP contribution is -2.49. The molecule has 1 saturated heterocycles. The van der Waals surface area contributed by atoms with Crippen LogP contribution in [0, 0.1) is 11.7 Å². The van der Waals surface area contributed by atoms with E-state index in [1.165, 1.54) is 31.7 Å². The first-order chi connectivity index (χ1) is 12.7. The van der Waals surface area contributed by atoms with Crippen LogP contribution >= 0.6 is 0 Å². The predicted octanol–water partition coefficient (Wildman–Crippen LogP) is 3.24. The van der Waals surface area contributed by atoms with Gasteiger partial charge in [0.25, 0.3) is 0 Å². The summed E-state index contributed by atoms with van der Waals surface area (Å²) >= 11 is 0. The number of halogens is 1. The molecule has 0 N–H and O–H groups in total. The molecular weight excluding hydrogens is 331 g/mol. The van der Waals surface area contributed by atoms with Crippen molar-refractivity contribution in [3.63, 3.8) is 0 Å². The van der Waals surface area contributed by atoms with Gasteiger partial charge in [0, 0.05) is 45.0 Å². The predicted molar refractivity (Wildman–Crippen MR) is 98.9 cm³/mol. The zero-order chi connectivity index (χ0) is 17.9. The van der Waals surface area contributed by atoms with Crippen molar-refractivity contribution in [1.82, 2.24) is 14.5 Å². The molecule has 2 heterocycles. The number of imidazole rings is 1. The molecule has 26 heavy (non-hydrogen) atoms. The van der Waals surface area contributed by atoms with Crippen LogP contribution in [-0.4, -0.2) is 46.5 Å². The number of hydrogen-bond acceptors (Lipinski definition) is 3. The molecule has 0 spiro atoms. The van der Waals surface area contributed by atoms with Crippen molar-refractivity contribution >= 4 is 11.9 Å². The Morgan fingerprint density at radius 2 is 1.85 bits per heavy atom. The number of rotatable bonds is 4. The van der Waals surface area contributed by atoms with Crippen molar-refractivity contribution in [2.45, 2.75) is 32.1 Å². The normalized spacial score (nSPS) is 18.5. The van der Waals surface area contributed by atoms with E-state index in [0.717, 1.165) is 19.0 Å². The molecule has 1 aliphatic carbocycles. The maximum absolute atomic E-state index is 14.1. The molecule has 1 amide bonds. The first-order valence-electron chi connectivity index (χ1n) is 9.53. The van der Waals surface area contributed by atoms with Gasteiger partial charge >= 0.3 is 0 Å². The Bertz CT molecular complexity index is 761. The highest BCUT2D eigenvalue weighted by atomic mass is 19.1. The molecule has 1 aliphatic heterocycles. The number of para-hydroxylation sites is 1. The van der Waals surface area contributed by atoms with E-state index in [1.807, 2.05) is 11.0 Å². The molecule has 6 heteroatoms. The summed E-state index contributed by atoms with van der Waals surface area (Å²) in [5.74, 6) is 1.34. The van der Waals surface area contributed by atoms with E-state index in [1.54, 1.807) is 29.1 Å². The van der Waals surface area contributed by atoms with Crippen LogP contribution < -0.4 is 4.90 Å². The van der Waals surface area contributed by atoms with Gasteiger partial charge in [0.15, 0.2) is 0 Å². The van der Waals surface area contributed by atoms with Gasteiger partial charge in [-0.15, -0.1) is 0 Å². The van der Waals surface area contributed by atoms with Crippen LogP contribution in [0.15, 0.2) is 36.7 Å². The second-order valence-corrected chi connectivity index (χ2v) is 7.27. The number of benzene rings is 1. The SMILES string of the molecule is O=C(CC1CCCC1)N1CCN(c2nccn2-c2ccccc2F)CC1. The molecule has 0 unspecified atom stereocenters. The van der Waals surface area contributed by atoms with Gasteiger partial charge in [0.1, 0.15) is 5.82 Å². The monoisotopic (exact) mass is 356 g/mol. The number of hydrogen-bond donors (Lipinski definition) is 0. The van der Waals surface area contributed by atoms with Crippen molar-refractivity contribution in [3.8, 4) is 5.69 Å². The highest BCUT2D eigenvalue weighted by Crippen LogP contribution is 2.28. The number of amides is 1. The molecule has 1 saturated carbocycles. The second kappa shape index (κ2) is 7.48. The Labute approximate surface area is 153 Å². The van der Waals surface area contributed by atoms with E-state index in [0.29, 0.717) is 31.1 Å². The van der Waals surface area contributed by atoms with Crippen LogP contribution in [0.5, 0.6) is 0 Å². The molecule has 2 fully saturated rings. The van der Waals surface area contributed by atoms with Crippen molar-refractivity contribution in [2.75, 3.05) is 31.1 Å². The Kier molecular flexibility index (Phi) is 4.91. The van der Waals surface area contributed by atoms with Gasteiger partial charge < -0.3 is 9.80 Å². The zero-order valence-corrected chi connectivity index (χ0v) is 15.0. The number of piperazine rings is 1. The van der Waals surface area contributed by atoms with Gasteiger partial charge in [-0.25, -0.2) is 9.37 Å². The largest absolute Gasteiger partial charge is 0.339 e. The van der Waals surface area contributed by atoms with Gasteiger partial charge in [-0.1, -0.05) is 25.0 Å². The minimum Gasteiger partial charge on any atom is -0.339 e. The summed E-state index contributed by atoms with van der Waals surface area (Å²) in [6.07, 6.45) is 9.11. The fraction of sp³-hybridized carbons (Fsp3) is 0.500. The Morgan fingerprint density at radius 1 is 1.12 bits per heavy atom. The first-order valence-corrected chi connectivity index (χ1v) is 9.53. The van der Waals surface area contributed by atoms with Gasteiger partial charge in [-0.3, -0.25) is 9.36 Å². The van der Waals surface area contributed by atoms with Gasteiger partial charge in [0.05, 0.1) is 5.69 Å². The Morgan fingerprint density at radius 3 is 2.58 bits per heavy atom. The van der Waals surface area contributed by atoms with Crippen molar-refractivity contribution in [2.24, 2.45) is 5.92 Å². The number of nitrogens with zero attached hydrogens (tertiary/aromatic N) is 4. The molecule has 2 aliphatic rings. The van der Waals surface area contributed by atoms with Crippen LogP contribution in [0.25, 0.3) is 5.69 Å². The minimum absolute atomic E-state index is 0.267. The number of aromatic nitrogens is 2. The quantitative estimate of drug-likeness (QED) is 0.844. The maximum Gasteiger partial charge on any atom is 0.222 e. The van der Waals surface area contributed by atoms with Crippen LogP contribution in [-0.2, 0) is 4.79 Å². The highest BCUT2D eigenvalue weighted by molar-refractivity contribution is 5.76. The molecule has 5 nitrogen and oxygen atoms in total. The fourth-order valence-corrected chi connectivity index (χ4v) is 4.11. The Balaban J connectivity index is 1.40. The average molecular weight is 356 g/mol. The molecule has 138 valence electrons. The van der Waals surface area contributed by atoms with Crippen LogP contribution in [0.1, 0.15) is 32.1 Å². The van der Waals surface area contributed by atoms with Crippen LogP contribution in [0.2, 0.25) is 0 Å². The van der Waals surface area contributed by atoms with Crippen LogP contribution in [0.3, 0.4) is 0 Å². The third kappa shape index (κ3) is 3.45. The lowest BCUT2D eigenvalue weighted by molar-refractivity contribution is -0.132. The van der Waals surface area contributed by atoms with E-state index in [9.17, 15) is 9.18 Å². The minimum atomic E-state index is -0.267. The summed E-state index contributed by atoms with van der Waals surface area (Å²) in [7, 11) is 0. The molecule has 0 atom stereocenters. The third-order valence-electron chi connectivity index (χ3n) is 5.59. The standard InChI is InChI=1S/C20H25FN4O/c21-17-7-3-4-8-18(17)25-10-9-22-20(25)24-13-11-23(12-14-24)19(26)15-16-5-1-2-6-16/h3-4,7-10,16H,1-2,5-6,11-15H2. The van der Waals surface area contributed by atoms with Gasteiger partial charge in [-0.2, -0.15) is 0 Å². The highest BCUT2D eigenvalue weighted by Gasteiger charge is 2.26. The number of anilines is 1. The van der Waals surface area contributed by atoms with E-state index in [2.05, 4.69) is 9.88 Å². The van der Waals surface area contributed by atoms with E-state index in [4.69, 9.17) is 0 Å². The van der Waals surface area contributed by atoms with Gasteiger partial charge in [-0.05, 0) is 30.9 Å². The van der Waals surface area contributed by atoms with Gasteiger partial charge in [0.2, 0.25) is 11.9 Å². The molecule has 4 rings (SSSR count). The van der Waals surface area contributed by atoms with Crippen molar-refractivity contribution in [1.29, 1.82) is 0 Å². The third-order valence-corrected chi connectivity index (χ3v) is 5.59. The summed E-state index contributed by atoms with van der Waals surface area (Å²) < 4.78 is 15.9. The topological polar surface area (TPSA) is 41.4 Å². The van der Waals surface area contributed by atoms with Crippen molar-refractivity contribution in [3.05, 3.63) is 42.5 Å². The molecule has 1 aromatic carbocycles. The van der Waals surface area contributed by atoms with Crippen LogP contribution in [0.4, 0.5) is 10.3 Å². The maximum atomic E-state index is 14.1. The molecular formula is C20H25FN4O. The fourth-order valence-electron chi connectivity index (χ4n) is 4.11. The number of carbonyl (C=O) groups excluding carboxylic acids is 1. The van der Waals surface area contributed by atoms with E-state index < -0.39 is 0 Å². The smallest absolute Gasteiger partial charge is 0.222 e. The average Bonchev–Trinajstić information content (AvgIpc) is 3.34. The first kappa shape index (κ1) is 17.1. The van der Waals surface area contributed by atoms with Crippen molar-refractivity contribution < 1.29 is 9.18 Å². The number of carbonyl (C=O) groups is 1. The molecule has 2 aromatic rings. The van der Waals surface area contributed by atoms with E-state index >= 15 is 0 Å². The summed E-state index contributed by atoms with van der Waals surface area (Å²) in [5.41, 5.74) is 0.500. The van der Waals surface area contributed by atoms with E-state index in [-0.39, 0.29) is 11.7 Å². The summed E-state index contributed by atoms with van der Waals surface area (Å²) in [5, 5.41) is 0. The lowest BCUT2D eigenvalue weighted by atomic mass is 10.0. The summed E-state index contributed by atoms with van der Waals surface area (Å²) in [6, 6.07) is 6.71. The zero-order valence-electron chi connectivity index (χ0n) is 15.0. The lowest BCUT2D eigenvalue weighted by Gasteiger charge is -2.36. The molecule has 0 bridgehead atoms. The molecule has 1 aromatic heterocycles. The summed E-state index contributed by atoms with van der Waals surface area (Å²) in [4.78, 5) is 21.1. The Hall–Kier alpha value is -2.37.